The molecule has 6 rings (SSSR count). The number of hydrogen-bond acceptors (Lipinski definition) is 1. The number of carbonyl (C=O) groups is 1. The highest BCUT2D eigenvalue weighted by Gasteiger charge is 2.54. The van der Waals surface area contributed by atoms with E-state index in [2.05, 4.69) is 4.90 Å². The Labute approximate surface area is 132 Å². The summed E-state index contributed by atoms with van der Waals surface area (Å²) in [4.78, 5) is 15.7. The van der Waals surface area contributed by atoms with Crippen molar-refractivity contribution >= 4 is 17.5 Å². The number of hydrogen-bond donors (Lipinski definition) is 0. The Morgan fingerprint density at radius 1 is 0.810 bits per heavy atom. The smallest absolute Gasteiger partial charge is 0.226 e. The second-order valence-corrected chi connectivity index (χ2v) is 9.27. The van der Waals surface area contributed by atoms with Crippen LogP contribution in [0.25, 0.3) is 0 Å². The molecule has 21 heavy (non-hydrogen) atoms. The van der Waals surface area contributed by atoms with E-state index in [0.717, 1.165) is 36.5 Å². The molecular weight excluding hydrogens is 282 g/mol. The van der Waals surface area contributed by atoms with Crippen LogP contribution in [0, 0.1) is 29.6 Å². The Kier molecular flexibility index (Phi) is 2.91. The monoisotopic (exact) mass is 307 g/mol. The van der Waals surface area contributed by atoms with Crippen LogP contribution in [-0.4, -0.2) is 28.3 Å². The van der Waals surface area contributed by atoms with Crippen LogP contribution in [0.2, 0.25) is 0 Å². The summed E-state index contributed by atoms with van der Waals surface area (Å²) < 4.78 is 0. The third kappa shape index (κ3) is 1.93. The molecule has 2 unspecified atom stereocenters. The van der Waals surface area contributed by atoms with E-state index in [-0.39, 0.29) is 0 Å². The Bertz CT molecular complexity index is 422. The van der Waals surface area contributed by atoms with Gasteiger partial charge >= 0.3 is 0 Å². The highest BCUT2D eigenvalue weighted by Crippen LogP contribution is 2.57. The summed E-state index contributed by atoms with van der Waals surface area (Å²) in [5.41, 5.74) is 0. The molecule has 0 aromatic rings. The molecule has 4 aliphatic carbocycles. The average molecular weight is 308 g/mol. The van der Waals surface area contributed by atoms with Gasteiger partial charge in [-0.2, -0.15) is 0 Å². The number of rotatable bonds is 1. The van der Waals surface area contributed by atoms with Crippen LogP contribution in [0.1, 0.15) is 57.8 Å². The number of halogens is 1. The largest absolute Gasteiger partial charge is 0.336 e. The standard InChI is InChI=1S/C18H26ClNO/c19-14-8-15-1-2-16(9-14)20(15)18(21)17-12-4-10-3-11(6-12)7-13(17)5-10/h10-17H,1-9H2. The van der Waals surface area contributed by atoms with Crippen LogP contribution in [-0.2, 0) is 4.79 Å². The van der Waals surface area contributed by atoms with Crippen molar-refractivity contribution < 1.29 is 4.79 Å². The van der Waals surface area contributed by atoms with Crippen molar-refractivity contribution in [3.8, 4) is 0 Å². The fourth-order valence-corrected chi connectivity index (χ4v) is 7.38. The van der Waals surface area contributed by atoms with Crippen molar-refractivity contribution in [3.05, 3.63) is 0 Å². The Balaban J connectivity index is 1.40. The van der Waals surface area contributed by atoms with Gasteiger partial charge in [-0.05, 0) is 81.5 Å². The molecule has 2 aliphatic heterocycles. The molecule has 0 N–H and O–H groups in total. The quantitative estimate of drug-likeness (QED) is 0.674. The lowest BCUT2D eigenvalue weighted by molar-refractivity contribution is -0.153. The van der Waals surface area contributed by atoms with Gasteiger partial charge < -0.3 is 4.90 Å². The summed E-state index contributed by atoms with van der Waals surface area (Å²) in [6.45, 7) is 0. The lowest BCUT2D eigenvalue weighted by Crippen LogP contribution is -2.56. The molecule has 2 atom stereocenters. The van der Waals surface area contributed by atoms with Crippen molar-refractivity contribution in [2.45, 2.75) is 75.2 Å². The third-order valence-corrected chi connectivity index (χ3v) is 7.80. The van der Waals surface area contributed by atoms with E-state index in [0.29, 0.717) is 29.3 Å². The maximum atomic E-state index is 13.3. The van der Waals surface area contributed by atoms with Crippen molar-refractivity contribution in [2.24, 2.45) is 29.6 Å². The van der Waals surface area contributed by atoms with Crippen molar-refractivity contribution in [3.63, 3.8) is 0 Å². The molecule has 2 nitrogen and oxygen atoms in total. The molecule has 2 heterocycles. The maximum Gasteiger partial charge on any atom is 0.226 e. The molecule has 0 spiro atoms. The number of carbonyl (C=O) groups excluding carboxylic acids is 1. The number of fused-ring (bicyclic) bond motifs is 2. The lowest BCUT2D eigenvalue weighted by atomic mass is 9.51. The minimum Gasteiger partial charge on any atom is -0.336 e. The summed E-state index contributed by atoms with van der Waals surface area (Å²) in [5, 5.41) is 0.310. The number of nitrogens with zero attached hydrogens (tertiary/aromatic N) is 1. The zero-order valence-electron chi connectivity index (χ0n) is 12.7. The van der Waals surface area contributed by atoms with Crippen LogP contribution in [0.3, 0.4) is 0 Å². The minimum absolute atomic E-state index is 0.310. The summed E-state index contributed by atoms with van der Waals surface area (Å²) in [6, 6.07) is 0.937. The Morgan fingerprint density at radius 2 is 1.33 bits per heavy atom. The molecule has 6 bridgehead atoms. The van der Waals surface area contributed by atoms with Crippen LogP contribution < -0.4 is 0 Å². The highest BCUT2D eigenvalue weighted by atomic mass is 35.5. The second kappa shape index (κ2) is 4.63. The predicted molar refractivity (Wildman–Crippen MR) is 83.1 cm³/mol. The average Bonchev–Trinajstić information content (AvgIpc) is 2.69. The van der Waals surface area contributed by atoms with Gasteiger partial charge in [-0.1, -0.05) is 0 Å². The van der Waals surface area contributed by atoms with E-state index >= 15 is 0 Å². The lowest BCUT2D eigenvalue weighted by Gasteiger charge is -2.55. The third-order valence-electron chi connectivity index (χ3n) is 7.44. The topological polar surface area (TPSA) is 20.3 Å². The molecule has 6 aliphatic rings. The van der Waals surface area contributed by atoms with E-state index in [4.69, 9.17) is 11.6 Å². The molecule has 6 fully saturated rings. The van der Waals surface area contributed by atoms with E-state index in [1.54, 1.807) is 0 Å². The first-order valence-electron chi connectivity index (χ1n) is 9.15. The molecule has 4 saturated carbocycles. The number of amides is 1. The Hall–Kier alpha value is -0.240. The van der Waals surface area contributed by atoms with E-state index in [1.807, 2.05) is 0 Å². The Morgan fingerprint density at radius 3 is 1.86 bits per heavy atom. The number of piperidine rings is 1. The number of alkyl halides is 1. The van der Waals surface area contributed by atoms with Crippen LogP contribution in [0.5, 0.6) is 0 Å². The van der Waals surface area contributed by atoms with Gasteiger partial charge in [0, 0.05) is 23.4 Å². The minimum atomic E-state index is 0.310. The van der Waals surface area contributed by atoms with Crippen LogP contribution >= 0.6 is 11.6 Å². The van der Waals surface area contributed by atoms with Gasteiger partial charge in [0.25, 0.3) is 0 Å². The van der Waals surface area contributed by atoms with Gasteiger partial charge in [0.1, 0.15) is 0 Å². The van der Waals surface area contributed by atoms with Gasteiger partial charge in [0.15, 0.2) is 0 Å². The first-order chi connectivity index (χ1) is 10.2. The molecule has 0 radical (unpaired) electrons. The van der Waals surface area contributed by atoms with Crippen molar-refractivity contribution in [1.29, 1.82) is 0 Å². The summed E-state index contributed by atoms with van der Waals surface area (Å²) in [5.74, 6) is 4.29. The molecule has 1 amide bonds. The van der Waals surface area contributed by atoms with Gasteiger partial charge in [-0.25, -0.2) is 0 Å². The van der Waals surface area contributed by atoms with Gasteiger partial charge in [-0.15, -0.1) is 11.6 Å². The van der Waals surface area contributed by atoms with Crippen molar-refractivity contribution in [1.82, 2.24) is 4.90 Å². The predicted octanol–water partition coefficient (Wildman–Crippen LogP) is 3.82. The molecule has 0 aromatic heterocycles. The fraction of sp³-hybridized carbons (Fsp3) is 0.944. The molecular formula is C18H26ClNO. The normalized spacial score (nSPS) is 54.2. The second-order valence-electron chi connectivity index (χ2n) is 8.66. The first kappa shape index (κ1) is 13.2. The first-order valence-corrected chi connectivity index (χ1v) is 9.59. The SMILES string of the molecule is O=C(C1C2CC3CC(C2)CC1C3)N1C2CCC1CC(Cl)C2. The molecule has 116 valence electrons. The van der Waals surface area contributed by atoms with Gasteiger partial charge in [0.2, 0.25) is 5.91 Å². The fourth-order valence-electron chi connectivity index (χ4n) is 6.97. The van der Waals surface area contributed by atoms with E-state index < -0.39 is 0 Å². The van der Waals surface area contributed by atoms with Crippen LogP contribution in [0.4, 0.5) is 0 Å². The molecule has 3 heteroatoms. The van der Waals surface area contributed by atoms with E-state index in [9.17, 15) is 4.79 Å². The zero-order chi connectivity index (χ0) is 14.1. The van der Waals surface area contributed by atoms with Gasteiger partial charge in [0.05, 0.1) is 0 Å². The van der Waals surface area contributed by atoms with Crippen LogP contribution in [0.15, 0.2) is 0 Å². The van der Waals surface area contributed by atoms with Crippen molar-refractivity contribution in [2.75, 3.05) is 0 Å². The molecule has 2 saturated heterocycles. The summed E-state index contributed by atoms with van der Waals surface area (Å²) in [6.07, 6.45) is 11.4. The summed E-state index contributed by atoms with van der Waals surface area (Å²) in [7, 11) is 0. The zero-order valence-corrected chi connectivity index (χ0v) is 13.5. The van der Waals surface area contributed by atoms with E-state index in [1.165, 1.54) is 44.9 Å². The van der Waals surface area contributed by atoms with Gasteiger partial charge in [-0.3, -0.25) is 4.79 Å². The maximum absolute atomic E-state index is 13.3. The highest BCUT2D eigenvalue weighted by molar-refractivity contribution is 6.20. The molecule has 0 aromatic carbocycles. The summed E-state index contributed by atoms with van der Waals surface area (Å²) >= 11 is 6.38.